The second kappa shape index (κ2) is 6.09. The first kappa shape index (κ1) is 14.6. The van der Waals surface area contributed by atoms with E-state index in [0.29, 0.717) is 16.1 Å². The SMILES string of the molecule is COC(=O)c1sc(NC2CC(C)CC(C)C2)nc1Cl. The van der Waals surface area contributed by atoms with Crippen molar-refractivity contribution in [2.75, 3.05) is 12.4 Å². The van der Waals surface area contributed by atoms with Crippen LogP contribution >= 0.6 is 22.9 Å². The number of halogens is 1. The molecule has 19 heavy (non-hydrogen) atoms. The van der Waals surface area contributed by atoms with E-state index in [1.165, 1.54) is 24.9 Å². The van der Waals surface area contributed by atoms with Gasteiger partial charge in [-0.1, -0.05) is 36.8 Å². The lowest BCUT2D eigenvalue weighted by Crippen LogP contribution is -2.30. The molecule has 4 nitrogen and oxygen atoms in total. The molecule has 0 saturated heterocycles. The zero-order valence-electron chi connectivity index (χ0n) is 11.4. The molecule has 1 aliphatic rings. The number of nitrogens with one attached hydrogen (secondary N) is 1. The number of carbonyl (C=O) groups excluding carboxylic acids is 1. The van der Waals surface area contributed by atoms with Crippen molar-refractivity contribution in [2.24, 2.45) is 11.8 Å². The molecule has 1 fully saturated rings. The summed E-state index contributed by atoms with van der Waals surface area (Å²) in [6, 6.07) is 0.409. The van der Waals surface area contributed by atoms with Gasteiger partial charge in [0.2, 0.25) is 0 Å². The zero-order chi connectivity index (χ0) is 14.0. The summed E-state index contributed by atoms with van der Waals surface area (Å²) in [7, 11) is 1.34. The highest BCUT2D eigenvalue weighted by molar-refractivity contribution is 7.18. The molecule has 2 rings (SSSR count). The number of hydrogen-bond acceptors (Lipinski definition) is 5. The number of ether oxygens (including phenoxy) is 1. The number of anilines is 1. The minimum atomic E-state index is -0.430. The van der Waals surface area contributed by atoms with Crippen LogP contribution in [0.15, 0.2) is 0 Å². The fourth-order valence-corrected chi connectivity index (χ4v) is 4.00. The van der Waals surface area contributed by atoms with E-state index in [2.05, 4.69) is 28.9 Å². The van der Waals surface area contributed by atoms with Gasteiger partial charge < -0.3 is 10.1 Å². The maximum atomic E-state index is 11.5. The van der Waals surface area contributed by atoms with Crippen LogP contribution in [0, 0.1) is 11.8 Å². The number of aromatic nitrogens is 1. The molecule has 0 aromatic carbocycles. The van der Waals surface area contributed by atoms with E-state index < -0.39 is 5.97 Å². The van der Waals surface area contributed by atoms with Crippen LogP contribution in [0.3, 0.4) is 0 Å². The number of carbonyl (C=O) groups is 1. The van der Waals surface area contributed by atoms with Gasteiger partial charge in [0.25, 0.3) is 0 Å². The first-order chi connectivity index (χ1) is 8.99. The summed E-state index contributed by atoms with van der Waals surface area (Å²) >= 11 is 7.21. The Morgan fingerprint density at radius 1 is 1.37 bits per heavy atom. The third-order valence-electron chi connectivity index (χ3n) is 3.46. The van der Waals surface area contributed by atoms with Gasteiger partial charge in [0.15, 0.2) is 15.2 Å². The third-order valence-corrected chi connectivity index (χ3v) is 4.81. The molecule has 106 valence electrons. The van der Waals surface area contributed by atoms with Crippen molar-refractivity contribution in [3.63, 3.8) is 0 Å². The average Bonchev–Trinajstić information content (AvgIpc) is 2.68. The second-order valence-corrected chi connectivity index (χ2v) is 6.75. The topological polar surface area (TPSA) is 51.2 Å². The molecule has 0 amide bonds. The largest absolute Gasteiger partial charge is 0.465 e. The standard InChI is InChI=1S/C13H19ClN2O2S/c1-7-4-8(2)6-9(5-7)15-13-16-11(14)10(19-13)12(17)18-3/h7-9H,4-6H2,1-3H3,(H,15,16). The van der Waals surface area contributed by atoms with E-state index in [1.54, 1.807) is 0 Å². The molecule has 1 aromatic rings. The van der Waals surface area contributed by atoms with Crippen molar-refractivity contribution >= 4 is 34.0 Å². The highest BCUT2D eigenvalue weighted by Gasteiger charge is 2.25. The van der Waals surface area contributed by atoms with Crippen molar-refractivity contribution in [3.8, 4) is 0 Å². The summed E-state index contributed by atoms with van der Waals surface area (Å²) in [5.74, 6) is 1.01. The summed E-state index contributed by atoms with van der Waals surface area (Å²) in [5.41, 5.74) is 0. The monoisotopic (exact) mass is 302 g/mol. The molecule has 0 spiro atoms. The summed E-state index contributed by atoms with van der Waals surface area (Å²) in [6.07, 6.45) is 3.55. The van der Waals surface area contributed by atoms with Crippen LogP contribution in [0.4, 0.5) is 5.13 Å². The lowest BCUT2D eigenvalue weighted by Gasteiger charge is -2.31. The molecular formula is C13H19ClN2O2S. The van der Waals surface area contributed by atoms with Crippen LogP contribution < -0.4 is 5.32 Å². The summed E-state index contributed by atoms with van der Waals surface area (Å²) in [6.45, 7) is 4.55. The summed E-state index contributed by atoms with van der Waals surface area (Å²) in [4.78, 5) is 16.0. The van der Waals surface area contributed by atoms with E-state index in [-0.39, 0.29) is 5.15 Å². The average molecular weight is 303 g/mol. The second-order valence-electron chi connectivity index (χ2n) is 5.39. The number of methoxy groups -OCH3 is 1. The van der Waals surface area contributed by atoms with E-state index in [9.17, 15) is 4.79 Å². The van der Waals surface area contributed by atoms with Gasteiger partial charge >= 0.3 is 5.97 Å². The lowest BCUT2D eigenvalue weighted by molar-refractivity contribution is 0.0606. The molecule has 1 heterocycles. The minimum Gasteiger partial charge on any atom is -0.465 e. The fraction of sp³-hybridized carbons (Fsp3) is 0.692. The molecule has 2 unspecified atom stereocenters. The van der Waals surface area contributed by atoms with Gasteiger partial charge in [0.05, 0.1) is 7.11 Å². The molecule has 1 aliphatic carbocycles. The van der Waals surface area contributed by atoms with Crippen molar-refractivity contribution in [2.45, 2.75) is 39.2 Å². The number of hydrogen-bond donors (Lipinski definition) is 1. The van der Waals surface area contributed by atoms with E-state index >= 15 is 0 Å². The van der Waals surface area contributed by atoms with Crippen LogP contribution in [-0.2, 0) is 4.74 Å². The van der Waals surface area contributed by atoms with Gasteiger partial charge in [-0.25, -0.2) is 9.78 Å². The van der Waals surface area contributed by atoms with Gasteiger partial charge in [-0.05, 0) is 31.1 Å². The number of rotatable bonds is 3. The summed E-state index contributed by atoms with van der Waals surface area (Å²) < 4.78 is 4.67. The van der Waals surface area contributed by atoms with Crippen LogP contribution in [0.25, 0.3) is 0 Å². The van der Waals surface area contributed by atoms with Crippen LogP contribution in [0.1, 0.15) is 42.8 Å². The van der Waals surface area contributed by atoms with Crippen molar-refractivity contribution in [1.82, 2.24) is 4.98 Å². The number of nitrogens with zero attached hydrogens (tertiary/aromatic N) is 1. The smallest absolute Gasteiger partial charge is 0.351 e. The van der Waals surface area contributed by atoms with Crippen LogP contribution in [0.5, 0.6) is 0 Å². The lowest BCUT2D eigenvalue weighted by atomic mass is 9.80. The summed E-state index contributed by atoms with van der Waals surface area (Å²) in [5, 5.41) is 4.32. The molecule has 0 radical (unpaired) electrons. The Labute approximate surface area is 122 Å². The molecule has 1 N–H and O–H groups in total. The third kappa shape index (κ3) is 3.60. The predicted molar refractivity (Wildman–Crippen MR) is 78.1 cm³/mol. The van der Waals surface area contributed by atoms with Gasteiger partial charge in [0, 0.05) is 6.04 Å². The number of thiazole rings is 1. The Hall–Kier alpha value is -0.810. The van der Waals surface area contributed by atoms with E-state index in [4.69, 9.17) is 11.6 Å². The van der Waals surface area contributed by atoms with Crippen molar-refractivity contribution < 1.29 is 9.53 Å². The zero-order valence-corrected chi connectivity index (χ0v) is 13.0. The Balaban J connectivity index is 2.05. The maximum Gasteiger partial charge on any atom is 0.351 e. The Morgan fingerprint density at radius 2 is 2.00 bits per heavy atom. The molecule has 0 aliphatic heterocycles. The minimum absolute atomic E-state index is 0.219. The van der Waals surface area contributed by atoms with Gasteiger partial charge in [-0.2, -0.15) is 0 Å². The van der Waals surface area contributed by atoms with Crippen LogP contribution in [-0.4, -0.2) is 24.1 Å². The molecular weight excluding hydrogens is 284 g/mol. The Kier molecular flexibility index (Phi) is 4.68. The van der Waals surface area contributed by atoms with Gasteiger partial charge in [0.1, 0.15) is 0 Å². The van der Waals surface area contributed by atoms with E-state index in [0.717, 1.165) is 24.7 Å². The van der Waals surface area contributed by atoms with Crippen molar-refractivity contribution in [1.29, 1.82) is 0 Å². The normalized spacial score (nSPS) is 27.1. The first-order valence-electron chi connectivity index (χ1n) is 6.50. The maximum absolute atomic E-state index is 11.5. The highest BCUT2D eigenvalue weighted by atomic mass is 35.5. The van der Waals surface area contributed by atoms with Crippen molar-refractivity contribution in [3.05, 3.63) is 10.0 Å². The molecule has 2 atom stereocenters. The molecule has 1 aromatic heterocycles. The van der Waals surface area contributed by atoms with Gasteiger partial charge in [-0.15, -0.1) is 0 Å². The first-order valence-corrected chi connectivity index (χ1v) is 7.70. The quantitative estimate of drug-likeness (QED) is 0.862. The molecule has 0 bridgehead atoms. The van der Waals surface area contributed by atoms with Crippen LogP contribution in [0.2, 0.25) is 5.15 Å². The fourth-order valence-electron chi connectivity index (χ4n) is 2.82. The van der Waals surface area contributed by atoms with E-state index in [1.807, 2.05) is 0 Å². The number of esters is 1. The Bertz CT molecular complexity index is 453. The molecule has 1 saturated carbocycles. The molecule has 6 heteroatoms. The van der Waals surface area contributed by atoms with Gasteiger partial charge in [-0.3, -0.25) is 0 Å². The Morgan fingerprint density at radius 3 is 2.58 bits per heavy atom. The highest BCUT2D eigenvalue weighted by Crippen LogP contribution is 2.33. The predicted octanol–water partition coefficient (Wildman–Crippen LogP) is 3.82.